The van der Waals surface area contributed by atoms with E-state index in [0.717, 1.165) is 24.0 Å². The first-order valence-corrected chi connectivity index (χ1v) is 9.29. The van der Waals surface area contributed by atoms with Crippen molar-refractivity contribution in [3.05, 3.63) is 59.7 Å². The molecular formula is C21H22N2O5. The summed E-state index contributed by atoms with van der Waals surface area (Å²) in [6.07, 6.45) is 1.80. The van der Waals surface area contributed by atoms with Gasteiger partial charge in [-0.25, -0.2) is 0 Å². The molecule has 0 radical (unpaired) electrons. The van der Waals surface area contributed by atoms with Crippen LogP contribution in [-0.4, -0.2) is 30.3 Å². The number of hydrogen-bond acceptors (Lipinski definition) is 5. The third-order valence-electron chi connectivity index (χ3n) is 5.14. The molecule has 4 rings (SSSR count). The number of amides is 2. The van der Waals surface area contributed by atoms with Crippen molar-refractivity contribution in [3.8, 4) is 11.5 Å². The molecule has 0 spiro atoms. The Kier molecular flexibility index (Phi) is 4.92. The molecule has 7 heteroatoms. The normalized spacial score (nSPS) is 16.9. The molecule has 146 valence electrons. The van der Waals surface area contributed by atoms with Gasteiger partial charge in [-0.05, 0) is 42.0 Å². The van der Waals surface area contributed by atoms with Gasteiger partial charge in [-0.2, -0.15) is 0 Å². The van der Waals surface area contributed by atoms with Crippen LogP contribution >= 0.6 is 0 Å². The summed E-state index contributed by atoms with van der Waals surface area (Å²) in [5.74, 6) is -0.145. The molecule has 2 amide bonds. The van der Waals surface area contributed by atoms with Gasteiger partial charge in [0.1, 0.15) is 5.60 Å². The summed E-state index contributed by atoms with van der Waals surface area (Å²) < 4.78 is 10.5. The van der Waals surface area contributed by atoms with E-state index in [4.69, 9.17) is 9.47 Å². The minimum Gasteiger partial charge on any atom is -0.454 e. The number of ether oxygens (including phenoxy) is 2. The molecule has 7 nitrogen and oxygen atoms in total. The Hall–Kier alpha value is -3.06. The lowest BCUT2D eigenvalue weighted by Crippen LogP contribution is -2.47. The largest absolute Gasteiger partial charge is 0.454 e. The molecule has 28 heavy (non-hydrogen) atoms. The first kappa shape index (κ1) is 18.3. The number of carbonyl (C=O) groups excluding carboxylic acids is 2. The highest BCUT2D eigenvalue weighted by Gasteiger charge is 2.45. The van der Waals surface area contributed by atoms with Gasteiger partial charge in [0.25, 0.3) is 0 Å². The Morgan fingerprint density at radius 1 is 1.00 bits per heavy atom. The second-order valence-electron chi connectivity index (χ2n) is 7.12. The zero-order valence-electron chi connectivity index (χ0n) is 15.3. The molecule has 1 aliphatic carbocycles. The van der Waals surface area contributed by atoms with E-state index in [2.05, 4.69) is 10.6 Å². The van der Waals surface area contributed by atoms with Crippen LogP contribution in [0.15, 0.2) is 48.5 Å². The SMILES string of the molecule is O=C(NCc1ccc2c(c1)OCO2)C(=O)NC[C@@](O)(c1ccccc1)C1CC1. The summed E-state index contributed by atoms with van der Waals surface area (Å²) >= 11 is 0. The van der Waals surface area contributed by atoms with Gasteiger partial charge < -0.3 is 25.2 Å². The van der Waals surface area contributed by atoms with Crippen molar-refractivity contribution in [1.82, 2.24) is 10.6 Å². The van der Waals surface area contributed by atoms with Crippen molar-refractivity contribution in [1.29, 1.82) is 0 Å². The number of fused-ring (bicyclic) bond motifs is 1. The molecule has 0 aromatic heterocycles. The number of nitrogens with one attached hydrogen (secondary N) is 2. The fourth-order valence-corrected chi connectivity index (χ4v) is 3.38. The predicted octanol–water partition coefficient (Wildman–Crippen LogP) is 1.45. The summed E-state index contributed by atoms with van der Waals surface area (Å²) in [7, 11) is 0. The van der Waals surface area contributed by atoms with E-state index in [0.29, 0.717) is 11.5 Å². The Labute approximate surface area is 162 Å². The molecule has 1 saturated carbocycles. The highest BCUT2D eigenvalue weighted by Crippen LogP contribution is 2.45. The zero-order valence-corrected chi connectivity index (χ0v) is 15.3. The second kappa shape index (κ2) is 7.52. The smallest absolute Gasteiger partial charge is 0.309 e. The van der Waals surface area contributed by atoms with Crippen LogP contribution < -0.4 is 20.1 Å². The minimum atomic E-state index is -1.16. The Balaban J connectivity index is 1.32. The van der Waals surface area contributed by atoms with E-state index < -0.39 is 17.4 Å². The molecule has 2 aromatic carbocycles. The van der Waals surface area contributed by atoms with Crippen LogP contribution in [0.4, 0.5) is 0 Å². The van der Waals surface area contributed by atoms with Gasteiger partial charge >= 0.3 is 11.8 Å². The number of hydrogen-bond donors (Lipinski definition) is 3. The van der Waals surface area contributed by atoms with E-state index in [1.54, 1.807) is 18.2 Å². The molecule has 0 saturated heterocycles. The van der Waals surface area contributed by atoms with Gasteiger partial charge in [0.2, 0.25) is 6.79 Å². The van der Waals surface area contributed by atoms with Crippen molar-refractivity contribution in [3.63, 3.8) is 0 Å². The first-order valence-electron chi connectivity index (χ1n) is 9.29. The van der Waals surface area contributed by atoms with E-state index in [1.807, 2.05) is 30.3 Å². The van der Waals surface area contributed by atoms with Gasteiger partial charge in [0.05, 0.1) is 6.54 Å². The maximum atomic E-state index is 12.2. The molecular weight excluding hydrogens is 360 g/mol. The molecule has 1 heterocycles. The summed E-state index contributed by atoms with van der Waals surface area (Å²) in [6.45, 7) is 0.366. The third-order valence-corrected chi connectivity index (χ3v) is 5.14. The van der Waals surface area contributed by atoms with Gasteiger partial charge in [0.15, 0.2) is 11.5 Å². The summed E-state index contributed by atoms with van der Waals surface area (Å²) in [4.78, 5) is 24.3. The van der Waals surface area contributed by atoms with Gasteiger partial charge in [-0.1, -0.05) is 36.4 Å². The molecule has 3 N–H and O–H groups in total. The molecule has 1 aliphatic heterocycles. The van der Waals surface area contributed by atoms with Gasteiger partial charge in [0, 0.05) is 6.54 Å². The number of rotatable bonds is 6. The van der Waals surface area contributed by atoms with Crippen LogP contribution in [0.2, 0.25) is 0 Å². The lowest BCUT2D eigenvalue weighted by molar-refractivity contribution is -0.140. The number of aliphatic hydroxyl groups is 1. The highest BCUT2D eigenvalue weighted by molar-refractivity contribution is 6.35. The first-order chi connectivity index (χ1) is 13.6. The van der Waals surface area contributed by atoms with Gasteiger partial charge in [-0.15, -0.1) is 0 Å². The number of benzene rings is 2. The fourth-order valence-electron chi connectivity index (χ4n) is 3.38. The van der Waals surface area contributed by atoms with E-state index >= 15 is 0 Å². The zero-order chi connectivity index (χ0) is 19.6. The van der Waals surface area contributed by atoms with Crippen molar-refractivity contribution < 1.29 is 24.2 Å². The minimum absolute atomic E-state index is 0.00203. The second-order valence-corrected chi connectivity index (χ2v) is 7.12. The van der Waals surface area contributed by atoms with E-state index in [1.165, 1.54) is 0 Å². The molecule has 2 aliphatic rings. The lowest BCUT2D eigenvalue weighted by atomic mass is 9.88. The van der Waals surface area contributed by atoms with Crippen LogP contribution in [0.25, 0.3) is 0 Å². The molecule has 0 bridgehead atoms. The molecule has 1 fully saturated rings. The van der Waals surface area contributed by atoms with Crippen LogP contribution in [-0.2, 0) is 21.7 Å². The summed E-state index contributed by atoms with van der Waals surface area (Å²) in [6, 6.07) is 14.6. The van der Waals surface area contributed by atoms with Crippen molar-refractivity contribution >= 4 is 11.8 Å². The molecule has 0 unspecified atom stereocenters. The topological polar surface area (TPSA) is 96.9 Å². The van der Waals surface area contributed by atoms with Crippen LogP contribution in [0.5, 0.6) is 11.5 Å². The van der Waals surface area contributed by atoms with Crippen LogP contribution in [0.3, 0.4) is 0 Å². The van der Waals surface area contributed by atoms with Crippen molar-refractivity contribution in [2.45, 2.75) is 25.0 Å². The lowest BCUT2D eigenvalue weighted by Gasteiger charge is -2.29. The molecule has 1 atom stereocenters. The fraction of sp³-hybridized carbons (Fsp3) is 0.333. The third kappa shape index (κ3) is 3.80. The van der Waals surface area contributed by atoms with E-state index in [9.17, 15) is 14.7 Å². The van der Waals surface area contributed by atoms with Crippen LogP contribution in [0, 0.1) is 5.92 Å². The Morgan fingerprint density at radius 3 is 2.46 bits per heavy atom. The average Bonchev–Trinajstić information content (AvgIpc) is 3.49. The van der Waals surface area contributed by atoms with E-state index in [-0.39, 0.29) is 25.8 Å². The monoisotopic (exact) mass is 382 g/mol. The van der Waals surface area contributed by atoms with Crippen molar-refractivity contribution in [2.75, 3.05) is 13.3 Å². The Bertz CT molecular complexity index is 882. The summed E-state index contributed by atoms with van der Waals surface area (Å²) in [5, 5.41) is 16.2. The van der Waals surface area contributed by atoms with Crippen molar-refractivity contribution in [2.24, 2.45) is 5.92 Å². The number of carbonyl (C=O) groups is 2. The summed E-state index contributed by atoms with van der Waals surface area (Å²) in [5.41, 5.74) is 0.386. The maximum Gasteiger partial charge on any atom is 0.309 e. The van der Waals surface area contributed by atoms with Crippen LogP contribution in [0.1, 0.15) is 24.0 Å². The highest BCUT2D eigenvalue weighted by atomic mass is 16.7. The molecule has 2 aromatic rings. The average molecular weight is 382 g/mol. The Morgan fingerprint density at radius 2 is 1.71 bits per heavy atom. The predicted molar refractivity (Wildman–Crippen MR) is 100 cm³/mol. The maximum absolute atomic E-state index is 12.2. The standard InChI is InChI=1S/C21H22N2O5/c24-19(22-11-14-6-9-17-18(10-14)28-13-27-17)20(25)23-12-21(26,16-7-8-16)15-4-2-1-3-5-15/h1-6,9-10,16,26H,7-8,11-13H2,(H,22,24)(H,23,25)/t21-/m1/s1. The quantitative estimate of drug-likeness (QED) is 0.657. The van der Waals surface area contributed by atoms with Gasteiger partial charge in [-0.3, -0.25) is 9.59 Å².